The number of carbonyl (C=O) groups excluding carboxylic acids is 2. The second-order valence-electron chi connectivity index (χ2n) is 5.95. The van der Waals surface area contributed by atoms with Crippen LogP contribution in [0.1, 0.15) is 26.5 Å². The Morgan fingerprint density at radius 1 is 0.885 bits per heavy atom. The number of methoxy groups -OCH3 is 2. The lowest BCUT2D eigenvalue weighted by atomic mass is 10.1. The topological polar surface area (TPSA) is 59.1 Å². The van der Waals surface area contributed by atoms with Crippen LogP contribution in [0, 0.1) is 0 Å². The SMILES string of the molecule is COc1cccc(OC)c1C(=O)N1CCCN(C(=O)c2cccs2)CC1. The lowest BCUT2D eigenvalue weighted by Gasteiger charge is -2.23. The van der Waals surface area contributed by atoms with Crippen LogP contribution in [0.4, 0.5) is 0 Å². The van der Waals surface area contributed by atoms with Crippen molar-refractivity contribution in [2.45, 2.75) is 6.42 Å². The molecule has 0 spiro atoms. The van der Waals surface area contributed by atoms with Gasteiger partial charge in [0.15, 0.2) is 0 Å². The maximum atomic E-state index is 13.1. The second-order valence-corrected chi connectivity index (χ2v) is 6.90. The van der Waals surface area contributed by atoms with E-state index in [9.17, 15) is 9.59 Å². The third kappa shape index (κ3) is 3.67. The quantitative estimate of drug-likeness (QED) is 0.826. The Balaban J connectivity index is 1.75. The lowest BCUT2D eigenvalue weighted by molar-refractivity contribution is 0.0717. The zero-order chi connectivity index (χ0) is 18.5. The molecule has 7 heteroatoms. The molecule has 1 aromatic heterocycles. The van der Waals surface area contributed by atoms with Crippen molar-refractivity contribution >= 4 is 23.2 Å². The van der Waals surface area contributed by atoms with E-state index in [0.29, 0.717) is 43.2 Å². The number of nitrogens with zero attached hydrogens (tertiary/aromatic N) is 2. The van der Waals surface area contributed by atoms with Crippen molar-refractivity contribution in [3.05, 3.63) is 46.2 Å². The van der Waals surface area contributed by atoms with E-state index in [2.05, 4.69) is 0 Å². The van der Waals surface area contributed by atoms with E-state index in [1.54, 1.807) is 23.1 Å². The fourth-order valence-corrected chi connectivity index (χ4v) is 3.79. The van der Waals surface area contributed by atoms with Gasteiger partial charge in [0.05, 0.1) is 19.1 Å². The molecule has 1 aliphatic heterocycles. The highest BCUT2D eigenvalue weighted by molar-refractivity contribution is 7.12. The molecule has 0 atom stereocenters. The molecule has 0 radical (unpaired) electrons. The van der Waals surface area contributed by atoms with E-state index < -0.39 is 0 Å². The van der Waals surface area contributed by atoms with Gasteiger partial charge >= 0.3 is 0 Å². The Kier molecular flexibility index (Phi) is 5.78. The van der Waals surface area contributed by atoms with Gasteiger partial charge < -0.3 is 19.3 Å². The van der Waals surface area contributed by atoms with Gasteiger partial charge in [-0.25, -0.2) is 0 Å². The zero-order valence-corrected chi connectivity index (χ0v) is 15.8. The maximum absolute atomic E-state index is 13.1. The standard InChI is InChI=1S/C19H22N2O4S/c1-24-14-6-3-7-15(25-2)17(14)19(23)21-10-5-9-20(11-12-21)18(22)16-8-4-13-26-16/h3-4,6-8,13H,5,9-12H2,1-2H3. The van der Waals surface area contributed by atoms with E-state index in [-0.39, 0.29) is 11.8 Å². The molecule has 0 unspecified atom stereocenters. The van der Waals surface area contributed by atoms with Crippen molar-refractivity contribution in [3.63, 3.8) is 0 Å². The number of ether oxygens (including phenoxy) is 2. The monoisotopic (exact) mass is 374 g/mol. The molecule has 2 aromatic rings. The first-order valence-electron chi connectivity index (χ1n) is 8.48. The van der Waals surface area contributed by atoms with Crippen molar-refractivity contribution < 1.29 is 19.1 Å². The van der Waals surface area contributed by atoms with Gasteiger partial charge in [0.1, 0.15) is 17.1 Å². The van der Waals surface area contributed by atoms with Gasteiger partial charge in [0.2, 0.25) is 0 Å². The minimum atomic E-state index is -0.135. The Morgan fingerprint density at radius 2 is 1.50 bits per heavy atom. The molecular weight excluding hydrogens is 352 g/mol. The van der Waals surface area contributed by atoms with Crippen LogP contribution in [0.15, 0.2) is 35.7 Å². The molecule has 0 aliphatic carbocycles. The van der Waals surface area contributed by atoms with Gasteiger partial charge in [-0.05, 0) is 30.0 Å². The Hall–Kier alpha value is -2.54. The van der Waals surface area contributed by atoms with E-state index in [4.69, 9.17) is 9.47 Å². The minimum Gasteiger partial charge on any atom is -0.496 e. The summed E-state index contributed by atoms with van der Waals surface area (Å²) in [5.74, 6) is 0.879. The maximum Gasteiger partial charge on any atom is 0.263 e. The predicted octanol–water partition coefficient (Wildman–Crippen LogP) is 2.75. The first-order valence-corrected chi connectivity index (χ1v) is 9.36. The highest BCUT2D eigenvalue weighted by Gasteiger charge is 2.27. The molecule has 0 N–H and O–H groups in total. The number of carbonyl (C=O) groups is 2. The van der Waals surface area contributed by atoms with Crippen LogP contribution >= 0.6 is 11.3 Å². The number of benzene rings is 1. The number of thiophene rings is 1. The summed E-state index contributed by atoms with van der Waals surface area (Å²) in [4.78, 5) is 30.0. The van der Waals surface area contributed by atoms with E-state index in [1.165, 1.54) is 25.6 Å². The fraction of sp³-hybridized carbons (Fsp3) is 0.368. The van der Waals surface area contributed by atoms with Gasteiger partial charge in [-0.2, -0.15) is 0 Å². The molecule has 0 bridgehead atoms. The van der Waals surface area contributed by atoms with Crippen LogP contribution in [0.5, 0.6) is 11.5 Å². The normalized spacial score (nSPS) is 14.7. The molecule has 2 amide bonds. The summed E-state index contributed by atoms with van der Waals surface area (Å²) in [6.07, 6.45) is 0.736. The summed E-state index contributed by atoms with van der Waals surface area (Å²) in [7, 11) is 3.07. The largest absolute Gasteiger partial charge is 0.496 e. The Labute approximate surface area is 156 Å². The molecule has 1 fully saturated rings. The molecule has 2 heterocycles. The highest BCUT2D eigenvalue weighted by Crippen LogP contribution is 2.30. The van der Waals surface area contributed by atoms with Crippen molar-refractivity contribution in [3.8, 4) is 11.5 Å². The Morgan fingerprint density at radius 3 is 2.04 bits per heavy atom. The average Bonchev–Trinajstić information content (AvgIpc) is 3.10. The van der Waals surface area contributed by atoms with Crippen LogP contribution < -0.4 is 9.47 Å². The summed E-state index contributed by atoms with van der Waals surface area (Å²) < 4.78 is 10.7. The van der Waals surface area contributed by atoms with Crippen molar-refractivity contribution in [1.82, 2.24) is 9.80 Å². The van der Waals surface area contributed by atoms with Gasteiger partial charge in [0.25, 0.3) is 11.8 Å². The van der Waals surface area contributed by atoms with Crippen LogP contribution in [-0.4, -0.2) is 62.0 Å². The van der Waals surface area contributed by atoms with Crippen molar-refractivity contribution in [2.24, 2.45) is 0 Å². The van der Waals surface area contributed by atoms with E-state index >= 15 is 0 Å². The molecule has 6 nitrogen and oxygen atoms in total. The van der Waals surface area contributed by atoms with Crippen LogP contribution in [0.25, 0.3) is 0 Å². The third-order valence-corrected chi connectivity index (χ3v) is 5.30. The first kappa shape index (κ1) is 18.3. The first-order chi connectivity index (χ1) is 12.7. The van der Waals surface area contributed by atoms with Crippen LogP contribution in [0.3, 0.4) is 0 Å². The molecule has 138 valence electrons. The number of hydrogen-bond donors (Lipinski definition) is 0. The van der Waals surface area contributed by atoms with Crippen LogP contribution in [0.2, 0.25) is 0 Å². The van der Waals surface area contributed by atoms with Crippen molar-refractivity contribution in [2.75, 3.05) is 40.4 Å². The number of hydrogen-bond acceptors (Lipinski definition) is 5. The second kappa shape index (κ2) is 8.23. The molecular formula is C19H22N2O4S. The van der Waals surface area contributed by atoms with E-state index in [0.717, 1.165) is 11.3 Å². The molecule has 0 saturated carbocycles. The highest BCUT2D eigenvalue weighted by atomic mass is 32.1. The predicted molar refractivity (Wildman–Crippen MR) is 100 cm³/mol. The molecule has 1 aliphatic rings. The number of amides is 2. The minimum absolute atomic E-state index is 0.0316. The molecule has 3 rings (SSSR count). The summed E-state index contributed by atoms with van der Waals surface area (Å²) in [6.45, 7) is 2.23. The fourth-order valence-electron chi connectivity index (χ4n) is 3.10. The van der Waals surface area contributed by atoms with Gasteiger partial charge in [-0.1, -0.05) is 12.1 Å². The smallest absolute Gasteiger partial charge is 0.263 e. The summed E-state index contributed by atoms with van der Waals surface area (Å²) >= 11 is 1.44. The zero-order valence-electron chi connectivity index (χ0n) is 14.9. The van der Waals surface area contributed by atoms with Crippen LogP contribution in [-0.2, 0) is 0 Å². The third-order valence-electron chi connectivity index (χ3n) is 4.44. The molecule has 1 aromatic carbocycles. The summed E-state index contributed by atoms with van der Waals surface area (Å²) in [6, 6.07) is 9.00. The van der Waals surface area contributed by atoms with Gasteiger partial charge in [-0.15, -0.1) is 11.3 Å². The summed E-state index contributed by atoms with van der Waals surface area (Å²) in [5.41, 5.74) is 0.426. The summed E-state index contributed by atoms with van der Waals surface area (Å²) in [5, 5.41) is 1.90. The average molecular weight is 374 g/mol. The van der Waals surface area contributed by atoms with Crippen molar-refractivity contribution in [1.29, 1.82) is 0 Å². The molecule has 1 saturated heterocycles. The molecule has 26 heavy (non-hydrogen) atoms. The van der Waals surface area contributed by atoms with E-state index in [1.807, 2.05) is 22.4 Å². The Bertz CT molecular complexity index is 754. The van der Waals surface area contributed by atoms with Gasteiger partial charge in [0, 0.05) is 26.2 Å². The van der Waals surface area contributed by atoms with Gasteiger partial charge in [-0.3, -0.25) is 9.59 Å². The lowest BCUT2D eigenvalue weighted by Crippen LogP contribution is -2.37. The number of rotatable bonds is 4.